The third-order valence-corrected chi connectivity index (χ3v) is 6.62. The number of nitrogens with one attached hydrogen (secondary N) is 2. The van der Waals surface area contributed by atoms with Gasteiger partial charge in [-0.2, -0.15) is 0 Å². The standard InChI is InChI=1S/C30H31N3O3/c31-27-7-3-4-8-28(27)33-29(34)22-11-9-20(10-12-22)19-26(30(35)32-23-15-16-23)21-13-17-25(18-14-21)36-24-5-1-2-6-24/h3-4,7-14,17-19,23-24H,1-2,5-6,15-16,31H2,(H,32,35)(H,33,34)/b26-19-. The molecule has 0 aliphatic heterocycles. The average Bonchev–Trinajstić information content (AvgIpc) is 3.56. The summed E-state index contributed by atoms with van der Waals surface area (Å²) in [7, 11) is 0. The molecule has 0 radical (unpaired) electrons. The Morgan fingerprint density at radius 2 is 1.50 bits per heavy atom. The topological polar surface area (TPSA) is 93.5 Å². The second-order valence-electron chi connectivity index (χ2n) is 9.52. The minimum absolute atomic E-state index is 0.0941. The van der Waals surface area contributed by atoms with Crippen LogP contribution in [0, 0.1) is 0 Å². The number of hydrogen-bond acceptors (Lipinski definition) is 4. The third-order valence-electron chi connectivity index (χ3n) is 6.62. The van der Waals surface area contributed by atoms with E-state index in [9.17, 15) is 9.59 Å². The summed E-state index contributed by atoms with van der Waals surface area (Å²) in [4.78, 5) is 25.7. The van der Waals surface area contributed by atoms with Gasteiger partial charge in [-0.25, -0.2) is 0 Å². The average molecular weight is 482 g/mol. The number of para-hydroxylation sites is 2. The molecule has 2 saturated carbocycles. The van der Waals surface area contributed by atoms with Gasteiger partial charge in [-0.05, 0) is 92.1 Å². The molecule has 0 atom stereocenters. The SMILES string of the molecule is Nc1ccccc1NC(=O)c1ccc(/C=C(\C(=O)NC2CC2)c2ccc(OC3CCCC3)cc2)cc1. The van der Waals surface area contributed by atoms with Gasteiger partial charge in [0.2, 0.25) is 0 Å². The zero-order valence-corrected chi connectivity index (χ0v) is 20.2. The number of amides is 2. The molecule has 2 aliphatic rings. The van der Waals surface area contributed by atoms with Crippen molar-refractivity contribution < 1.29 is 14.3 Å². The van der Waals surface area contributed by atoms with E-state index in [1.807, 2.05) is 54.6 Å². The van der Waals surface area contributed by atoms with E-state index in [2.05, 4.69) is 10.6 Å². The van der Waals surface area contributed by atoms with Crippen LogP contribution in [0.5, 0.6) is 5.75 Å². The Hall–Kier alpha value is -4.06. The lowest BCUT2D eigenvalue weighted by molar-refractivity contribution is -0.115. The Morgan fingerprint density at radius 1 is 0.833 bits per heavy atom. The van der Waals surface area contributed by atoms with E-state index < -0.39 is 0 Å². The summed E-state index contributed by atoms with van der Waals surface area (Å²) in [5.74, 6) is 0.498. The molecular weight excluding hydrogens is 450 g/mol. The highest BCUT2D eigenvalue weighted by Crippen LogP contribution is 2.28. The van der Waals surface area contributed by atoms with Crippen molar-refractivity contribution in [2.45, 2.75) is 50.7 Å². The molecule has 3 aromatic rings. The number of benzene rings is 3. The van der Waals surface area contributed by atoms with Crippen LogP contribution in [-0.4, -0.2) is 24.0 Å². The van der Waals surface area contributed by atoms with Gasteiger partial charge in [0.25, 0.3) is 11.8 Å². The molecule has 2 aliphatic carbocycles. The predicted octanol–water partition coefficient (Wildman–Crippen LogP) is 5.66. The van der Waals surface area contributed by atoms with Crippen molar-refractivity contribution in [2.75, 3.05) is 11.1 Å². The number of ether oxygens (including phenoxy) is 1. The smallest absolute Gasteiger partial charge is 0.255 e. The van der Waals surface area contributed by atoms with Crippen LogP contribution in [0.1, 0.15) is 60.0 Å². The molecule has 0 saturated heterocycles. The van der Waals surface area contributed by atoms with Gasteiger partial charge in [0.05, 0.1) is 17.5 Å². The van der Waals surface area contributed by atoms with E-state index in [4.69, 9.17) is 10.5 Å². The highest BCUT2D eigenvalue weighted by Gasteiger charge is 2.25. The molecule has 0 bridgehead atoms. The van der Waals surface area contributed by atoms with Crippen LogP contribution in [0.3, 0.4) is 0 Å². The molecule has 184 valence electrons. The van der Waals surface area contributed by atoms with E-state index in [1.165, 1.54) is 12.8 Å². The number of carbonyl (C=O) groups is 2. The maximum absolute atomic E-state index is 13.1. The lowest BCUT2D eigenvalue weighted by Gasteiger charge is -2.14. The fourth-order valence-electron chi connectivity index (χ4n) is 4.39. The van der Waals surface area contributed by atoms with Crippen molar-refractivity contribution >= 4 is 34.8 Å². The van der Waals surface area contributed by atoms with E-state index >= 15 is 0 Å². The van der Waals surface area contributed by atoms with Crippen molar-refractivity contribution in [1.82, 2.24) is 5.32 Å². The van der Waals surface area contributed by atoms with Crippen LogP contribution >= 0.6 is 0 Å². The first-order chi connectivity index (χ1) is 17.5. The normalized spacial score (nSPS) is 15.9. The largest absolute Gasteiger partial charge is 0.490 e. The van der Waals surface area contributed by atoms with Gasteiger partial charge in [-0.15, -0.1) is 0 Å². The summed E-state index contributed by atoms with van der Waals surface area (Å²) in [6, 6.07) is 22.3. The second-order valence-corrected chi connectivity index (χ2v) is 9.52. The monoisotopic (exact) mass is 481 g/mol. The van der Waals surface area contributed by atoms with Gasteiger partial charge in [0.1, 0.15) is 5.75 Å². The number of carbonyl (C=O) groups excluding carboxylic acids is 2. The molecule has 36 heavy (non-hydrogen) atoms. The number of nitrogens with two attached hydrogens (primary N) is 1. The summed E-state index contributed by atoms with van der Waals surface area (Å²) >= 11 is 0. The van der Waals surface area contributed by atoms with E-state index in [-0.39, 0.29) is 24.0 Å². The van der Waals surface area contributed by atoms with Crippen LogP contribution in [0.15, 0.2) is 72.8 Å². The summed E-state index contributed by atoms with van der Waals surface area (Å²) in [6.07, 6.45) is 8.83. The second kappa shape index (κ2) is 10.7. The lowest BCUT2D eigenvalue weighted by atomic mass is 10.0. The first-order valence-corrected chi connectivity index (χ1v) is 12.6. The first kappa shape index (κ1) is 23.7. The quantitative estimate of drug-likeness (QED) is 0.220. The van der Waals surface area contributed by atoms with Crippen molar-refractivity contribution in [2.24, 2.45) is 0 Å². The summed E-state index contributed by atoms with van der Waals surface area (Å²) in [5.41, 5.74) is 9.77. The van der Waals surface area contributed by atoms with E-state index in [0.717, 1.165) is 42.6 Å². The Kier molecular flexibility index (Phi) is 7.03. The molecular formula is C30H31N3O3. The molecule has 0 aromatic heterocycles. The van der Waals surface area contributed by atoms with Crippen LogP contribution < -0.4 is 21.1 Å². The molecule has 3 aromatic carbocycles. The summed E-state index contributed by atoms with van der Waals surface area (Å²) in [6.45, 7) is 0. The van der Waals surface area contributed by atoms with Crippen LogP contribution in [0.4, 0.5) is 11.4 Å². The van der Waals surface area contributed by atoms with Gasteiger partial charge in [0, 0.05) is 17.2 Å². The number of hydrogen-bond donors (Lipinski definition) is 3. The summed E-state index contributed by atoms with van der Waals surface area (Å²) in [5, 5.41) is 5.93. The fourth-order valence-corrected chi connectivity index (χ4v) is 4.39. The maximum atomic E-state index is 13.1. The van der Waals surface area contributed by atoms with Crippen molar-refractivity contribution in [1.29, 1.82) is 0 Å². The molecule has 2 amide bonds. The van der Waals surface area contributed by atoms with Crippen LogP contribution in [0.2, 0.25) is 0 Å². The van der Waals surface area contributed by atoms with E-state index in [0.29, 0.717) is 22.5 Å². The van der Waals surface area contributed by atoms with Gasteiger partial charge < -0.3 is 21.1 Å². The zero-order valence-electron chi connectivity index (χ0n) is 20.2. The molecule has 5 rings (SSSR count). The minimum Gasteiger partial charge on any atom is -0.490 e. The van der Waals surface area contributed by atoms with Gasteiger partial charge >= 0.3 is 0 Å². The Bertz CT molecular complexity index is 1260. The zero-order chi connectivity index (χ0) is 24.9. The Labute approximate surface area is 211 Å². The molecule has 0 unspecified atom stereocenters. The van der Waals surface area contributed by atoms with Gasteiger partial charge in [0.15, 0.2) is 0 Å². The highest BCUT2D eigenvalue weighted by atomic mass is 16.5. The van der Waals surface area contributed by atoms with Crippen molar-refractivity contribution in [3.63, 3.8) is 0 Å². The molecule has 2 fully saturated rings. The fraction of sp³-hybridized carbons (Fsp3) is 0.267. The molecule has 6 nitrogen and oxygen atoms in total. The number of anilines is 2. The van der Waals surface area contributed by atoms with Crippen molar-refractivity contribution in [3.8, 4) is 5.75 Å². The maximum Gasteiger partial charge on any atom is 0.255 e. The Morgan fingerprint density at radius 3 is 2.17 bits per heavy atom. The van der Waals surface area contributed by atoms with Crippen molar-refractivity contribution in [3.05, 3.63) is 89.5 Å². The molecule has 6 heteroatoms. The van der Waals surface area contributed by atoms with E-state index in [1.54, 1.807) is 24.3 Å². The van der Waals surface area contributed by atoms with Gasteiger partial charge in [-0.3, -0.25) is 9.59 Å². The summed E-state index contributed by atoms with van der Waals surface area (Å²) < 4.78 is 6.08. The number of rotatable bonds is 8. The van der Waals surface area contributed by atoms with Gasteiger partial charge in [-0.1, -0.05) is 36.4 Å². The molecule has 4 N–H and O–H groups in total. The third kappa shape index (κ3) is 5.95. The predicted molar refractivity (Wildman–Crippen MR) is 144 cm³/mol. The van der Waals surface area contributed by atoms with Crippen LogP contribution in [-0.2, 0) is 4.79 Å². The minimum atomic E-state index is -0.243. The van der Waals surface area contributed by atoms with Crippen LogP contribution in [0.25, 0.3) is 11.6 Å². The highest BCUT2D eigenvalue weighted by molar-refractivity contribution is 6.24. The lowest BCUT2D eigenvalue weighted by Crippen LogP contribution is -2.26. The molecule has 0 spiro atoms. The Balaban J connectivity index is 1.33. The molecule has 0 heterocycles. The number of nitrogen functional groups attached to an aromatic ring is 1. The first-order valence-electron chi connectivity index (χ1n) is 12.6.